The summed E-state index contributed by atoms with van der Waals surface area (Å²) in [6.07, 6.45) is 6.81. The van der Waals surface area contributed by atoms with Gasteiger partial charge in [0.05, 0.1) is 12.3 Å². The highest BCUT2D eigenvalue weighted by Gasteiger charge is 2.44. The molecule has 2 unspecified atom stereocenters. The van der Waals surface area contributed by atoms with Crippen LogP contribution in [0.2, 0.25) is 0 Å². The zero-order valence-corrected chi connectivity index (χ0v) is 22.9. The van der Waals surface area contributed by atoms with E-state index in [0.717, 1.165) is 54.0 Å². The number of hydrogen-bond acceptors (Lipinski definition) is 10. The molecule has 2 atom stereocenters. The van der Waals surface area contributed by atoms with Gasteiger partial charge in [-0.1, -0.05) is 6.07 Å². The lowest BCUT2D eigenvalue weighted by Gasteiger charge is -2.56. The molecule has 3 saturated heterocycles. The lowest BCUT2D eigenvalue weighted by molar-refractivity contribution is -0.00875. The van der Waals surface area contributed by atoms with Crippen molar-refractivity contribution in [3.63, 3.8) is 0 Å². The third-order valence-electron chi connectivity index (χ3n) is 7.71. The average Bonchev–Trinajstić information content (AvgIpc) is 3.65. The van der Waals surface area contributed by atoms with Crippen molar-refractivity contribution >= 4 is 17.5 Å². The van der Waals surface area contributed by atoms with Crippen molar-refractivity contribution in [1.29, 1.82) is 0 Å². The first kappa shape index (κ1) is 25.3. The average molecular weight is 550 g/mol. The summed E-state index contributed by atoms with van der Waals surface area (Å²) in [6, 6.07) is 14.8. The number of piperazine rings is 1. The number of nitrogens with one attached hydrogen (secondary N) is 2. The molecule has 0 aromatic carbocycles. The van der Waals surface area contributed by atoms with Gasteiger partial charge >= 0.3 is 0 Å². The highest BCUT2D eigenvalue weighted by atomic mass is 16.3. The minimum Gasteiger partial charge on any atom is -0.390 e. The number of H-pyrrole nitrogens is 1. The van der Waals surface area contributed by atoms with E-state index in [9.17, 15) is 5.11 Å². The van der Waals surface area contributed by atoms with Gasteiger partial charge in [-0.25, -0.2) is 24.6 Å². The molecular weight excluding hydrogens is 518 g/mol. The van der Waals surface area contributed by atoms with Gasteiger partial charge in [0.2, 0.25) is 0 Å². The van der Waals surface area contributed by atoms with Crippen LogP contribution in [0.25, 0.3) is 17.2 Å². The first-order valence-corrected chi connectivity index (χ1v) is 13.7. The normalized spacial score (nSPS) is 18.4. The van der Waals surface area contributed by atoms with Gasteiger partial charge in [-0.2, -0.15) is 10.2 Å². The van der Waals surface area contributed by atoms with Crippen LogP contribution in [-0.2, 0) is 13.2 Å². The number of aliphatic hydroxyl groups is 1. The maximum atomic E-state index is 9.25. The molecule has 8 heterocycles. The molecule has 3 N–H and O–H groups in total. The Morgan fingerprint density at radius 1 is 0.951 bits per heavy atom. The van der Waals surface area contributed by atoms with E-state index in [1.54, 1.807) is 10.7 Å². The molecule has 5 aromatic rings. The SMILES string of the molecule is Cc1cc(Nc2cc(C)[nH]n2)nc(-c2ccc(N3CC4CC(C3)N4Cc3ccc(-n4ccc(CO)n4)nc3)nc2)n1. The summed E-state index contributed by atoms with van der Waals surface area (Å²) >= 11 is 0. The highest BCUT2D eigenvalue weighted by Crippen LogP contribution is 2.35. The second-order valence-electron chi connectivity index (χ2n) is 10.7. The summed E-state index contributed by atoms with van der Waals surface area (Å²) in [5.74, 6) is 3.77. The zero-order chi connectivity index (χ0) is 27.9. The molecule has 0 spiro atoms. The maximum Gasteiger partial charge on any atom is 0.163 e. The monoisotopic (exact) mass is 549 g/mol. The number of pyridine rings is 2. The summed E-state index contributed by atoms with van der Waals surface area (Å²) in [5.41, 5.74) is 4.54. The van der Waals surface area contributed by atoms with E-state index < -0.39 is 0 Å². The number of aromatic nitrogens is 8. The number of aromatic amines is 1. The number of aliphatic hydroxyl groups excluding tert-OH is 1. The van der Waals surface area contributed by atoms with Gasteiger partial charge in [-0.05, 0) is 50.1 Å². The van der Waals surface area contributed by atoms with Crippen LogP contribution >= 0.6 is 0 Å². The summed E-state index contributed by atoms with van der Waals surface area (Å²) in [4.78, 5) is 23.6. The second kappa shape index (κ2) is 10.4. The predicted molar refractivity (Wildman–Crippen MR) is 154 cm³/mol. The van der Waals surface area contributed by atoms with Crippen molar-refractivity contribution < 1.29 is 5.11 Å². The van der Waals surface area contributed by atoms with E-state index in [1.807, 2.05) is 56.7 Å². The van der Waals surface area contributed by atoms with E-state index in [0.29, 0.717) is 29.4 Å². The van der Waals surface area contributed by atoms with Crippen LogP contribution in [0.1, 0.15) is 29.1 Å². The van der Waals surface area contributed by atoms with E-state index >= 15 is 0 Å². The van der Waals surface area contributed by atoms with Gasteiger partial charge in [-0.3, -0.25) is 10.00 Å². The van der Waals surface area contributed by atoms with Crippen LogP contribution in [0.3, 0.4) is 0 Å². The van der Waals surface area contributed by atoms with Gasteiger partial charge in [-0.15, -0.1) is 0 Å². The minimum absolute atomic E-state index is 0.0772. The van der Waals surface area contributed by atoms with E-state index in [1.165, 1.54) is 12.0 Å². The van der Waals surface area contributed by atoms with Crippen molar-refractivity contribution in [3.8, 4) is 17.2 Å². The lowest BCUT2D eigenvalue weighted by Crippen LogP contribution is -2.68. The first-order chi connectivity index (χ1) is 20.0. The Morgan fingerprint density at radius 3 is 2.46 bits per heavy atom. The topological polar surface area (TPSA) is 137 Å². The summed E-state index contributed by atoms with van der Waals surface area (Å²) in [6.45, 7) is 6.61. The van der Waals surface area contributed by atoms with Crippen molar-refractivity contribution in [2.24, 2.45) is 0 Å². The van der Waals surface area contributed by atoms with E-state index in [4.69, 9.17) is 9.97 Å². The number of piperidine rings is 1. The van der Waals surface area contributed by atoms with Gasteiger partial charge in [0.25, 0.3) is 0 Å². The third kappa shape index (κ3) is 5.14. The standard InChI is InChI=1S/C29H31N11O/c1-18-9-25(33-26-10-19(2)35-36-26)34-29(32-18)21-4-6-27(31-13-21)38-15-23-11-24(16-38)39(23)14-20-3-5-28(30-12-20)40-8-7-22(17-41)37-40/h3-10,12-13,23-24,41H,11,14-17H2,1-2H3,(H2,32,33,34,35,36). The van der Waals surface area contributed by atoms with Gasteiger partial charge in [0, 0.05) is 79.4 Å². The van der Waals surface area contributed by atoms with Crippen LogP contribution in [0, 0.1) is 13.8 Å². The fourth-order valence-corrected chi connectivity index (χ4v) is 5.64. The van der Waals surface area contributed by atoms with Gasteiger partial charge in [0.1, 0.15) is 11.6 Å². The Kier molecular flexibility index (Phi) is 6.40. The van der Waals surface area contributed by atoms with E-state index in [-0.39, 0.29) is 6.61 Å². The van der Waals surface area contributed by atoms with Crippen LogP contribution < -0.4 is 10.2 Å². The smallest absolute Gasteiger partial charge is 0.163 e. The highest BCUT2D eigenvalue weighted by molar-refractivity contribution is 5.61. The number of aryl methyl sites for hydroxylation is 2. The number of nitrogens with zero attached hydrogens (tertiary/aromatic N) is 9. The molecule has 208 valence electrons. The fourth-order valence-electron chi connectivity index (χ4n) is 5.64. The molecule has 12 nitrogen and oxygen atoms in total. The number of anilines is 3. The van der Waals surface area contributed by atoms with Crippen LogP contribution in [0.4, 0.5) is 17.5 Å². The predicted octanol–water partition coefficient (Wildman–Crippen LogP) is 3.16. The van der Waals surface area contributed by atoms with Crippen LogP contribution in [-0.4, -0.2) is 75.1 Å². The van der Waals surface area contributed by atoms with E-state index in [2.05, 4.69) is 52.5 Å². The summed E-state index contributed by atoms with van der Waals surface area (Å²) < 4.78 is 1.69. The largest absolute Gasteiger partial charge is 0.390 e. The minimum atomic E-state index is -0.0772. The molecule has 3 fully saturated rings. The quantitative estimate of drug-likeness (QED) is 0.265. The maximum absolute atomic E-state index is 9.25. The van der Waals surface area contributed by atoms with Gasteiger partial charge < -0.3 is 15.3 Å². The van der Waals surface area contributed by atoms with Crippen molar-refractivity contribution in [2.45, 2.75) is 45.5 Å². The van der Waals surface area contributed by atoms with Crippen molar-refractivity contribution in [3.05, 3.63) is 83.7 Å². The molecule has 41 heavy (non-hydrogen) atoms. The zero-order valence-electron chi connectivity index (χ0n) is 22.9. The Labute approximate surface area is 237 Å². The third-order valence-corrected chi connectivity index (χ3v) is 7.71. The summed E-state index contributed by atoms with van der Waals surface area (Å²) in [5, 5.41) is 24.0. The Morgan fingerprint density at radius 2 is 1.78 bits per heavy atom. The molecule has 0 radical (unpaired) electrons. The molecular formula is C29H31N11O. The fraction of sp³-hybridized carbons (Fsp3) is 0.310. The number of fused-ring (bicyclic) bond motifs is 2. The van der Waals surface area contributed by atoms with Crippen molar-refractivity contribution in [1.82, 2.24) is 44.8 Å². The lowest BCUT2D eigenvalue weighted by atomic mass is 9.87. The molecule has 3 aliphatic rings. The first-order valence-electron chi connectivity index (χ1n) is 13.7. The molecule has 5 aromatic heterocycles. The molecule has 12 heteroatoms. The molecule has 0 aliphatic carbocycles. The molecule has 3 aliphatic heterocycles. The molecule has 0 amide bonds. The Bertz CT molecular complexity index is 1650. The van der Waals surface area contributed by atoms with Crippen LogP contribution in [0.15, 0.2) is 61.1 Å². The van der Waals surface area contributed by atoms with Gasteiger partial charge in [0.15, 0.2) is 17.5 Å². The van der Waals surface area contributed by atoms with Crippen LogP contribution in [0.5, 0.6) is 0 Å². The number of rotatable bonds is 8. The molecule has 8 rings (SSSR count). The molecule has 2 bridgehead atoms. The molecule has 0 saturated carbocycles. The summed E-state index contributed by atoms with van der Waals surface area (Å²) in [7, 11) is 0. The second-order valence-corrected chi connectivity index (χ2v) is 10.7. The number of hydrogen-bond donors (Lipinski definition) is 3. The van der Waals surface area contributed by atoms with Crippen molar-refractivity contribution in [2.75, 3.05) is 23.3 Å². The Balaban J connectivity index is 0.983. The Hall–Kier alpha value is -4.68.